The highest BCUT2D eigenvalue weighted by Crippen LogP contribution is 2.29. The van der Waals surface area contributed by atoms with Crippen LogP contribution < -0.4 is 11.5 Å². The second kappa shape index (κ2) is 8.99. The minimum atomic E-state index is -1.36. The monoisotopic (exact) mass is 452 g/mol. The van der Waals surface area contributed by atoms with Crippen LogP contribution in [0.25, 0.3) is 22.8 Å². The zero-order chi connectivity index (χ0) is 21.8. The number of halogens is 2. The number of nitrogens with two attached hydrogens (primary N) is 2. The number of hydrogen-bond acceptors (Lipinski definition) is 8. The van der Waals surface area contributed by atoms with Gasteiger partial charge in [-0.15, -0.1) is 0 Å². The van der Waals surface area contributed by atoms with E-state index in [1.165, 1.54) is 0 Å². The third kappa shape index (κ3) is 4.52. The van der Waals surface area contributed by atoms with Gasteiger partial charge in [-0.25, -0.2) is 19.9 Å². The summed E-state index contributed by atoms with van der Waals surface area (Å²) in [7, 11) is 0. The third-order valence-electron chi connectivity index (χ3n) is 4.62. The fraction of sp³-hybridized carbons (Fsp3) is 0.143. The minimum absolute atomic E-state index is 0.000801. The maximum atomic E-state index is 6.78. The average molecular weight is 453 g/mol. The molecule has 2 aromatic carbocycles. The largest absolute Gasteiger partial charge is 0.330 e. The molecule has 0 fully saturated rings. The zero-order valence-electron chi connectivity index (χ0n) is 16.3. The fourth-order valence-corrected chi connectivity index (χ4v) is 3.40. The van der Waals surface area contributed by atoms with E-state index >= 15 is 0 Å². The van der Waals surface area contributed by atoms with Crippen LogP contribution in [0, 0.1) is 0 Å². The second-order valence-corrected chi connectivity index (χ2v) is 7.42. The SMILES string of the molecule is NCCC(N)(c1nc(Cl)nc(-c2ccccc2)n1)c1nc(Cl)nc(-c2ccccc2)n1. The van der Waals surface area contributed by atoms with Gasteiger partial charge in [-0.2, -0.15) is 9.97 Å². The van der Waals surface area contributed by atoms with Crippen LogP contribution in [0.3, 0.4) is 0 Å². The molecule has 0 aliphatic heterocycles. The van der Waals surface area contributed by atoms with Gasteiger partial charge in [0, 0.05) is 11.1 Å². The van der Waals surface area contributed by atoms with Gasteiger partial charge >= 0.3 is 0 Å². The van der Waals surface area contributed by atoms with Crippen LogP contribution in [0.15, 0.2) is 60.7 Å². The maximum Gasteiger partial charge on any atom is 0.226 e. The summed E-state index contributed by atoms with van der Waals surface area (Å²) in [6.45, 7) is 0.227. The van der Waals surface area contributed by atoms with E-state index in [1.54, 1.807) is 0 Å². The minimum Gasteiger partial charge on any atom is -0.330 e. The summed E-state index contributed by atoms with van der Waals surface area (Å²) in [6, 6.07) is 18.8. The van der Waals surface area contributed by atoms with E-state index in [1.807, 2.05) is 60.7 Å². The van der Waals surface area contributed by atoms with E-state index < -0.39 is 5.54 Å². The fourth-order valence-electron chi connectivity index (χ4n) is 3.08. The van der Waals surface area contributed by atoms with Crippen LogP contribution in [0.4, 0.5) is 0 Å². The number of rotatable bonds is 6. The van der Waals surface area contributed by atoms with Crippen LogP contribution in [0.1, 0.15) is 18.1 Å². The highest BCUT2D eigenvalue weighted by Gasteiger charge is 2.37. The van der Waals surface area contributed by atoms with E-state index in [-0.39, 0.29) is 35.2 Å². The number of nitrogens with zero attached hydrogens (tertiary/aromatic N) is 6. The molecule has 0 saturated heterocycles. The summed E-state index contributed by atoms with van der Waals surface area (Å²) in [5.74, 6) is 1.15. The van der Waals surface area contributed by atoms with Crippen LogP contribution in [-0.2, 0) is 5.54 Å². The van der Waals surface area contributed by atoms with Crippen molar-refractivity contribution in [2.24, 2.45) is 11.5 Å². The van der Waals surface area contributed by atoms with Crippen LogP contribution in [0.2, 0.25) is 10.6 Å². The summed E-state index contributed by atoms with van der Waals surface area (Å²) in [4.78, 5) is 26.2. The molecule has 4 aromatic rings. The quantitative estimate of drug-likeness (QED) is 0.455. The molecule has 0 bridgehead atoms. The lowest BCUT2D eigenvalue weighted by Gasteiger charge is -2.26. The Hall–Kier alpha value is -3.04. The Labute approximate surface area is 188 Å². The molecule has 0 aliphatic carbocycles. The number of hydrogen-bond donors (Lipinski definition) is 2. The maximum absolute atomic E-state index is 6.78. The molecular weight excluding hydrogens is 435 g/mol. The molecule has 0 radical (unpaired) electrons. The molecule has 0 unspecified atom stereocenters. The van der Waals surface area contributed by atoms with Crippen molar-refractivity contribution in [3.05, 3.63) is 82.9 Å². The van der Waals surface area contributed by atoms with Crippen molar-refractivity contribution in [1.29, 1.82) is 0 Å². The van der Waals surface area contributed by atoms with E-state index in [2.05, 4.69) is 29.9 Å². The van der Waals surface area contributed by atoms with Gasteiger partial charge in [-0.05, 0) is 36.2 Å². The summed E-state index contributed by atoms with van der Waals surface area (Å²) in [6.07, 6.45) is 0.246. The van der Waals surface area contributed by atoms with Gasteiger partial charge in [-0.3, -0.25) is 0 Å². The van der Waals surface area contributed by atoms with E-state index in [0.717, 1.165) is 11.1 Å². The molecule has 0 saturated carbocycles. The molecule has 4 N–H and O–H groups in total. The van der Waals surface area contributed by atoms with Gasteiger partial charge in [0.1, 0.15) is 5.54 Å². The topological polar surface area (TPSA) is 129 Å². The smallest absolute Gasteiger partial charge is 0.226 e. The molecule has 2 aromatic heterocycles. The van der Waals surface area contributed by atoms with Gasteiger partial charge < -0.3 is 11.5 Å². The van der Waals surface area contributed by atoms with Crippen molar-refractivity contribution < 1.29 is 0 Å². The Morgan fingerprint density at radius 2 is 1.06 bits per heavy atom. The predicted molar refractivity (Wildman–Crippen MR) is 119 cm³/mol. The lowest BCUT2D eigenvalue weighted by Crippen LogP contribution is -2.44. The first kappa shape index (κ1) is 21.2. The van der Waals surface area contributed by atoms with Crippen molar-refractivity contribution in [1.82, 2.24) is 29.9 Å². The summed E-state index contributed by atoms with van der Waals surface area (Å²) >= 11 is 12.4. The summed E-state index contributed by atoms with van der Waals surface area (Å²) in [5.41, 5.74) is 12.8. The normalized spacial score (nSPS) is 11.5. The van der Waals surface area contributed by atoms with Crippen molar-refractivity contribution in [3.8, 4) is 22.8 Å². The summed E-state index contributed by atoms with van der Waals surface area (Å²) < 4.78 is 0. The Kier molecular flexibility index (Phi) is 6.15. The molecule has 2 heterocycles. The zero-order valence-corrected chi connectivity index (χ0v) is 17.8. The molecule has 0 spiro atoms. The van der Waals surface area contributed by atoms with Gasteiger partial charge in [0.15, 0.2) is 23.3 Å². The summed E-state index contributed by atoms with van der Waals surface area (Å²) in [5, 5.41) is -0.00160. The van der Waals surface area contributed by atoms with E-state index in [4.69, 9.17) is 34.7 Å². The standard InChI is InChI=1S/C21H18Cl2N8/c22-19-28-15(13-7-3-1-4-8-13)26-17(30-19)21(25,11-12-24)18-27-16(29-20(23)31-18)14-9-5-2-6-10-14/h1-10H,11-12,24-25H2. The number of benzene rings is 2. The molecule has 10 heteroatoms. The van der Waals surface area contributed by atoms with Gasteiger partial charge in [0.25, 0.3) is 0 Å². The first-order valence-electron chi connectivity index (χ1n) is 9.43. The first-order valence-corrected chi connectivity index (χ1v) is 10.2. The Morgan fingerprint density at radius 1 is 0.645 bits per heavy atom. The lowest BCUT2D eigenvalue weighted by atomic mass is 9.94. The first-order chi connectivity index (χ1) is 15.0. The van der Waals surface area contributed by atoms with Crippen LogP contribution >= 0.6 is 23.2 Å². The van der Waals surface area contributed by atoms with E-state index in [0.29, 0.717) is 11.6 Å². The van der Waals surface area contributed by atoms with Gasteiger partial charge in [-0.1, -0.05) is 60.7 Å². The van der Waals surface area contributed by atoms with Gasteiger partial charge in [0.2, 0.25) is 10.6 Å². The van der Waals surface area contributed by atoms with Crippen LogP contribution in [-0.4, -0.2) is 36.4 Å². The van der Waals surface area contributed by atoms with Gasteiger partial charge in [0.05, 0.1) is 0 Å². The van der Waals surface area contributed by atoms with Crippen LogP contribution in [0.5, 0.6) is 0 Å². The molecule has 0 aliphatic rings. The van der Waals surface area contributed by atoms with E-state index in [9.17, 15) is 0 Å². The van der Waals surface area contributed by atoms with Crippen molar-refractivity contribution in [2.45, 2.75) is 12.0 Å². The highest BCUT2D eigenvalue weighted by atomic mass is 35.5. The molecule has 0 amide bonds. The molecule has 156 valence electrons. The molecule has 31 heavy (non-hydrogen) atoms. The Balaban J connectivity index is 1.87. The molecule has 8 nitrogen and oxygen atoms in total. The third-order valence-corrected chi connectivity index (χ3v) is 4.95. The second-order valence-electron chi connectivity index (χ2n) is 6.75. The predicted octanol–water partition coefficient (Wildman–Crippen LogP) is 3.25. The average Bonchev–Trinajstić information content (AvgIpc) is 2.79. The van der Waals surface area contributed by atoms with Crippen molar-refractivity contribution in [2.75, 3.05) is 6.54 Å². The highest BCUT2D eigenvalue weighted by molar-refractivity contribution is 6.28. The van der Waals surface area contributed by atoms with Crippen molar-refractivity contribution in [3.63, 3.8) is 0 Å². The Morgan fingerprint density at radius 3 is 1.45 bits per heavy atom. The molecule has 0 atom stereocenters. The number of aromatic nitrogens is 6. The molecule has 4 rings (SSSR count). The Bertz CT molecular complexity index is 1100. The molecular formula is C21H18Cl2N8. The lowest BCUT2D eigenvalue weighted by molar-refractivity contribution is 0.439. The van der Waals surface area contributed by atoms with Crippen molar-refractivity contribution >= 4 is 23.2 Å².